The quantitative estimate of drug-likeness (QED) is 0.535. The number of hydrogen-bond donors (Lipinski definition) is 3. The second-order valence-electron chi connectivity index (χ2n) is 7.54. The molecule has 0 bridgehead atoms. The molecule has 1 atom stereocenters. The molecule has 0 fully saturated rings. The van der Waals surface area contributed by atoms with Crippen molar-refractivity contribution in [3.05, 3.63) is 41.1 Å². The van der Waals surface area contributed by atoms with Gasteiger partial charge in [-0.1, -0.05) is 0 Å². The number of aromatic nitrogens is 2. The van der Waals surface area contributed by atoms with Crippen LogP contribution in [0, 0.1) is 6.92 Å². The van der Waals surface area contributed by atoms with Crippen LogP contribution < -0.4 is 20.1 Å². The number of methoxy groups -OCH3 is 1. The van der Waals surface area contributed by atoms with E-state index in [0.717, 1.165) is 0 Å². The minimum Gasteiger partial charge on any atom is -0.481 e. The van der Waals surface area contributed by atoms with Crippen molar-refractivity contribution in [2.45, 2.75) is 45.8 Å². The Bertz CT molecular complexity index is 979. The van der Waals surface area contributed by atoms with Gasteiger partial charge in [0.15, 0.2) is 6.61 Å². The summed E-state index contributed by atoms with van der Waals surface area (Å²) in [4.78, 5) is 33.0. The second kappa shape index (κ2) is 10.3. The van der Waals surface area contributed by atoms with Gasteiger partial charge in [0, 0.05) is 22.9 Å². The van der Waals surface area contributed by atoms with Gasteiger partial charge in [-0.2, -0.15) is 4.98 Å². The number of carbonyl (C=O) groups excluding carboxylic acids is 2. The minimum absolute atomic E-state index is 0.0265. The molecule has 0 aromatic carbocycles. The molecule has 174 valence electrons. The van der Waals surface area contributed by atoms with Gasteiger partial charge in [0.05, 0.1) is 13.2 Å². The van der Waals surface area contributed by atoms with Crippen molar-refractivity contribution in [3.8, 4) is 11.8 Å². The Kier molecular flexibility index (Phi) is 8.03. The van der Waals surface area contributed by atoms with E-state index >= 15 is 0 Å². The first-order valence-electron chi connectivity index (χ1n) is 9.70. The number of rotatable bonds is 9. The number of anilines is 1. The van der Waals surface area contributed by atoms with Crippen LogP contribution in [0.15, 0.2) is 24.3 Å². The van der Waals surface area contributed by atoms with Crippen molar-refractivity contribution in [2.24, 2.45) is 0 Å². The maximum atomic E-state index is 12.8. The Morgan fingerprint density at radius 3 is 2.50 bits per heavy atom. The van der Waals surface area contributed by atoms with E-state index in [0.29, 0.717) is 11.3 Å². The molecular formula is C21H26F2N4O5. The van der Waals surface area contributed by atoms with Gasteiger partial charge in [0.25, 0.3) is 18.2 Å². The van der Waals surface area contributed by atoms with Crippen LogP contribution in [0.2, 0.25) is 0 Å². The van der Waals surface area contributed by atoms with E-state index in [1.807, 2.05) is 0 Å². The lowest BCUT2D eigenvalue weighted by Crippen LogP contribution is -2.37. The third-order valence-electron chi connectivity index (χ3n) is 4.24. The van der Waals surface area contributed by atoms with Gasteiger partial charge in [0.1, 0.15) is 11.4 Å². The van der Waals surface area contributed by atoms with Crippen molar-refractivity contribution in [1.29, 1.82) is 0 Å². The molecule has 2 rings (SSSR count). The molecule has 2 amide bonds. The standard InChI is InChI=1S/C21H26F2N4O5/c1-11-8-13(9-16(24-11)26-20(29)21(3,4)30)18(28)25-12(2)14-6-7-17(27-19(14)31-5)32-10-15(22)23/h6-9,12,15,30H,10H2,1-5H3,(H,25,28)(H,24,26,29). The number of halogens is 2. The molecule has 0 aliphatic carbocycles. The first-order valence-corrected chi connectivity index (χ1v) is 9.70. The molecular weight excluding hydrogens is 426 g/mol. The van der Waals surface area contributed by atoms with Crippen LogP contribution in [0.1, 0.15) is 48.4 Å². The molecule has 2 aromatic rings. The van der Waals surface area contributed by atoms with E-state index in [1.54, 1.807) is 26.0 Å². The predicted molar refractivity (Wildman–Crippen MR) is 112 cm³/mol. The molecule has 3 N–H and O–H groups in total. The van der Waals surface area contributed by atoms with E-state index in [4.69, 9.17) is 9.47 Å². The molecule has 0 aliphatic rings. The van der Waals surface area contributed by atoms with Crippen LogP contribution in [0.4, 0.5) is 14.6 Å². The lowest BCUT2D eigenvalue weighted by Gasteiger charge is -2.19. The molecule has 2 heterocycles. The number of pyridine rings is 2. The smallest absolute Gasteiger partial charge is 0.272 e. The maximum Gasteiger partial charge on any atom is 0.272 e. The van der Waals surface area contributed by atoms with Crippen molar-refractivity contribution < 1.29 is 33.0 Å². The molecule has 2 aromatic heterocycles. The number of nitrogens with one attached hydrogen (secondary N) is 2. The molecule has 0 aliphatic heterocycles. The van der Waals surface area contributed by atoms with Gasteiger partial charge >= 0.3 is 0 Å². The highest BCUT2D eigenvalue weighted by atomic mass is 19.3. The van der Waals surface area contributed by atoms with Crippen LogP contribution in [0.25, 0.3) is 0 Å². The summed E-state index contributed by atoms with van der Waals surface area (Å²) in [5.74, 6) is -0.910. The SMILES string of the molecule is COc1nc(OCC(F)F)ccc1C(C)NC(=O)c1cc(C)nc(NC(=O)C(C)(C)O)c1. The average molecular weight is 452 g/mol. The number of hydrogen-bond acceptors (Lipinski definition) is 7. The molecule has 1 unspecified atom stereocenters. The highest BCUT2D eigenvalue weighted by Gasteiger charge is 2.25. The first-order chi connectivity index (χ1) is 14.9. The first kappa shape index (κ1) is 24.9. The molecule has 0 spiro atoms. The third kappa shape index (κ3) is 6.84. The normalized spacial score (nSPS) is 12.3. The summed E-state index contributed by atoms with van der Waals surface area (Å²) in [6.07, 6.45) is -2.64. The topological polar surface area (TPSA) is 123 Å². The Balaban J connectivity index is 2.17. The van der Waals surface area contributed by atoms with Gasteiger partial charge in [-0.3, -0.25) is 9.59 Å². The number of ether oxygens (including phenoxy) is 2. The largest absolute Gasteiger partial charge is 0.481 e. The summed E-state index contributed by atoms with van der Waals surface area (Å²) in [5, 5.41) is 15.0. The predicted octanol–water partition coefficient (Wildman–Crippen LogP) is 2.64. The zero-order chi connectivity index (χ0) is 24.1. The maximum absolute atomic E-state index is 12.8. The van der Waals surface area contributed by atoms with Crippen LogP contribution >= 0.6 is 0 Å². The summed E-state index contributed by atoms with van der Waals surface area (Å²) in [5.41, 5.74) is -0.390. The van der Waals surface area contributed by atoms with E-state index < -0.39 is 36.5 Å². The fraction of sp³-hybridized carbons (Fsp3) is 0.429. The van der Waals surface area contributed by atoms with E-state index in [1.165, 1.54) is 33.1 Å². The Morgan fingerprint density at radius 2 is 1.91 bits per heavy atom. The van der Waals surface area contributed by atoms with E-state index in [2.05, 4.69) is 20.6 Å². The molecule has 0 saturated carbocycles. The molecule has 11 heteroatoms. The number of amides is 2. The molecule has 9 nitrogen and oxygen atoms in total. The van der Waals surface area contributed by atoms with E-state index in [9.17, 15) is 23.5 Å². The van der Waals surface area contributed by atoms with Crippen molar-refractivity contribution in [2.75, 3.05) is 19.0 Å². The number of aliphatic hydroxyl groups is 1. The Labute approximate surface area is 184 Å². The van der Waals surface area contributed by atoms with Crippen molar-refractivity contribution in [3.63, 3.8) is 0 Å². The number of nitrogens with zero attached hydrogens (tertiary/aromatic N) is 2. The Hall–Kier alpha value is -3.34. The van der Waals surface area contributed by atoms with Gasteiger partial charge in [0.2, 0.25) is 11.8 Å². The zero-order valence-electron chi connectivity index (χ0n) is 18.4. The van der Waals surface area contributed by atoms with Crippen molar-refractivity contribution in [1.82, 2.24) is 15.3 Å². The third-order valence-corrected chi connectivity index (χ3v) is 4.24. The highest BCUT2D eigenvalue weighted by molar-refractivity contribution is 5.98. The zero-order valence-corrected chi connectivity index (χ0v) is 18.4. The molecule has 32 heavy (non-hydrogen) atoms. The van der Waals surface area contributed by atoms with Gasteiger partial charge in [-0.05, 0) is 45.9 Å². The summed E-state index contributed by atoms with van der Waals surface area (Å²) < 4.78 is 34.7. The summed E-state index contributed by atoms with van der Waals surface area (Å²) in [6, 6.07) is 5.33. The highest BCUT2D eigenvalue weighted by Crippen LogP contribution is 2.26. The van der Waals surface area contributed by atoms with Crippen LogP contribution in [0.3, 0.4) is 0 Å². The summed E-state index contributed by atoms with van der Waals surface area (Å²) in [7, 11) is 1.36. The number of alkyl halides is 2. The monoisotopic (exact) mass is 452 g/mol. The lowest BCUT2D eigenvalue weighted by molar-refractivity contribution is -0.130. The van der Waals surface area contributed by atoms with Crippen molar-refractivity contribution >= 4 is 17.6 Å². The Morgan fingerprint density at radius 1 is 1.22 bits per heavy atom. The molecule has 0 radical (unpaired) electrons. The summed E-state index contributed by atoms with van der Waals surface area (Å²) in [6.45, 7) is 5.22. The number of aryl methyl sites for hydroxylation is 1. The van der Waals surface area contributed by atoms with Gasteiger partial charge < -0.3 is 25.2 Å². The lowest BCUT2D eigenvalue weighted by atomic mass is 10.1. The van der Waals surface area contributed by atoms with E-state index in [-0.39, 0.29) is 23.1 Å². The van der Waals surface area contributed by atoms with Crippen LogP contribution in [-0.4, -0.2) is 52.6 Å². The van der Waals surface area contributed by atoms with Gasteiger partial charge in [-0.25, -0.2) is 13.8 Å². The second-order valence-corrected chi connectivity index (χ2v) is 7.54. The van der Waals surface area contributed by atoms with Crippen LogP contribution in [-0.2, 0) is 4.79 Å². The fourth-order valence-corrected chi connectivity index (χ4v) is 2.65. The molecule has 0 saturated heterocycles. The summed E-state index contributed by atoms with van der Waals surface area (Å²) >= 11 is 0. The van der Waals surface area contributed by atoms with Crippen LogP contribution in [0.5, 0.6) is 11.8 Å². The number of carbonyl (C=O) groups is 2. The average Bonchev–Trinajstić information content (AvgIpc) is 2.70. The fourth-order valence-electron chi connectivity index (χ4n) is 2.65. The minimum atomic E-state index is -2.64. The van der Waals surface area contributed by atoms with Gasteiger partial charge in [-0.15, -0.1) is 0 Å².